The molecule has 106 valence electrons. The molecular weight excluding hydrogens is 246 g/mol. The molecule has 0 saturated carbocycles. The Hall–Kier alpha value is -1.87. The minimum Gasteiger partial charge on any atom is -0.379 e. The molecule has 3 nitrogen and oxygen atoms in total. The van der Waals surface area contributed by atoms with Gasteiger partial charge in [-0.1, -0.05) is 6.07 Å². The topological polar surface area (TPSA) is 28.2 Å². The Morgan fingerprint density at radius 3 is 2.50 bits per heavy atom. The average Bonchev–Trinajstić information content (AvgIpc) is 2.38. The van der Waals surface area contributed by atoms with Gasteiger partial charge in [0.05, 0.1) is 0 Å². The SMILES string of the molecule is Cc1cc(CN(C)C)cc(N[C@H](C)c2ccncc2)c1. The van der Waals surface area contributed by atoms with Crippen LogP contribution in [0.15, 0.2) is 42.7 Å². The summed E-state index contributed by atoms with van der Waals surface area (Å²) in [6.07, 6.45) is 3.67. The average molecular weight is 269 g/mol. The Labute approximate surface area is 121 Å². The number of benzene rings is 1. The van der Waals surface area contributed by atoms with Gasteiger partial charge in [0.1, 0.15) is 0 Å². The number of aryl methyl sites for hydroxylation is 1. The third-order valence-electron chi connectivity index (χ3n) is 3.23. The third-order valence-corrected chi connectivity index (χ3v) is 3.23. The summed E-state index contributed by atoms with van der Waals surface area (Å²) in [6, 6.07) is 11.0. The minimum atomic E-state index is 0.270. The van der Waals surface area contributed by atoms with Crippen LogP contribution in [0.3, 0.4) is 0 Å². The number of hydrogen-bond acceptors (Lipinski definition) is 3. The van der Waals surface area contributed by atoms with Crippen molar-refractivity contribution in [3.8, 4) is 0 Å². The summed E-state index contributed by atoms with van der Waals surface area (Å²) >= 11 is 0. The van der Waals surface area contributed by atoms with Crippen LogP contribution in [0.1, 0.15) is 29.7 Å². The summed E-state index contributed by atoms with van der Waals surface area (Å²) in [5.41, 5.74) is 5.04. The van der Waals surface area contributed by atoms with Crippen LogP contribution in [0, 0.1) is 6.92 Å². The Morgan fingerprint density at radius 2 is 1.85 bits per heavy atom. The van der Waals surface area contributed by atoms with Gasteiger partial charge in [0.25, 0.3) is 0 Å². The zero-order valence-corrected chi connectivity index (χ0v) is 12.7. The van der Waals surface area contributed by atoms with Gasteiger partial charge < -0.3 is 10.2 Å². The molecule has 1 N–H and O–H groups in total. The lowest BCUT2D eigenvalue weighted by Gasteiger charge is -2.18. The molecule has 0 spiro atoms. The van der Waals surface area contributed by atoms with Gasteiger partial charge >= 0.3 is 0 Å². The van der Waals surface area contributed by atoms with Gasteiger partial charge in [-0.25, -0.2) is 0 Å². The van der Waals surface area contributed by atoms with Crippen LogP contribution >= 0.6 is 0 Å². The lowest BCUT2D eigenvalue weighted by Crippen LogP contribution is -2.12. The second-order valence-corrected chi connectivity index (χ2v) is 5.59. The van der Waals surface area contributed by atoms with Crippen molar-refractivity contribution < 1.29 is 0 Å². The highest BCUT2D eigenvalue weighted by Crippen LogP contribution is 2.21. The van der Waals surface area contributed by atoms with Gasteiger partial charge in [-0.15, -0.1) is 0 Å². The van der Waals surface area contributed by atoms with E-state index in [2.05, 4.69) is 61.3 Å². The van der Waals surface area contributed by atoms with E-state index >= 15 is 0 Å². The molecule has 1 aromatic heterocycles. The second-order valence-electron chi connectivity index (χ2n) is 5.59. The Bertz CT molecular complexity index is 549. The highest BCUT2D eigenvalue weighted by atomic mass is 15.0. The first-order valence-corrected chi connectivity index (χ1v) is 6.96. The van der Waals surface area contributed by atoms with E-state index in [-0.39, 0.29) is 6.04 Å². The normalized spacial score (nSPS) is 12.4. The van der Waals surface area contributed by atoms with Crippen LogP contribution in [-0.4, -0.2) is 24.0 Å². The maximum Gasteiger partial charge on any atom is 0.0486 e. The zero-order valence-electron chi connectivity index (χ0n) is 12.7. The first kappa shape index (κ1) is 14.5. The molecule has 0 aliphatic rings. The highest BCUT2D eigenvalue weighted by molar-refractivity contribution is 5.50. The van der Waals surface area contributed by atoms with Crippen LogP contribution in [0.2, 0.25) is 0 Å². The van der Waals surface area contributed by atoms with Crippen molar-refractivity contribution in [1.29, 1.82) is 0 Å². The molecule has 2 rings (SSSR count). The van der Waals surface area contributed by atoms with E-state index in [1.807, 2.05) is 24.5 Å². The van der Waals surface area contributed by atoms with E-state index in [0.29, 0.717) is 0 Å². The summed E-state index contributed by atoms with van der Waals surface area (Å²) in [6.45, 7) is 5.27. The summed E-state index contributed by atoms with van der Waals surface area (Å²) in [4.78, 5) is 6.25. The van der Waals surface area contributed by atoms with Crippen LogP contribution in [-0.2, 0) is 6.54 Å². The van der Waals surface area contributed by atoms with Gasteiger partial charge in [-0.2, -0.15) is 0 Å². The molecule has 0 aliphatic carbocycles. The smallest absolute Gasteiger partial charge is 0.0486 e. The van der Waals surface area contributed by atoms with Crippen molar-refractivity contribution in [3.63, 3.8) is 0 Å². The van der Waals surface area contributed by atoms with Crippen LogP contribution < -0.4 is 5.32 Å². The molecule has 1 heterocycles. The van der Waals surface area contributed by atoms with Crippen molar-refractivity contribution in [3.05, 3.63) is 59.4 Å². The molecule has 1 atom stereocenters. The molecule has 2 aromatic rings. The molecule has 20 heavy (non-hydrogen) atoms. The largest absolute Gasteiger partial charge is 0.379 e. The van der Waals surface area contributed by atoms with Crippen molar-refractivity contribution in [2.24, 2.45) is 0 Å². The number of hydrogen-bond donors (Lipinski definition) is 1. The molecule has 0 bridgehead atoms. The number of aromatic nitrogens is 1. The van der Waals surface area contributed by atoms with Crippen molar-refractivity contribution >= 4 is 5.69 Å². The Morgan fingerprint density at radius 1 is 1.15 bits per heavy atom. The van der Waals surface area contributed by atoms with Crippen molar-refractivity contribution in [2.75, 3.05) is 19.4 Å². The second kappa shape index (κ2) is 6.53. The first-order valence-electron chi connectivity index (χ1n) is 6.96. The monoisotopic (exact) mass is 269 g/mol. The number of nitrogens with one attached hydrogen (secondary N) is 1. The molecule has 1 aromatic carbocycles. The summed E-state index contributed by atoms with van der Waals surface area (Å²) < 4.78 is 0. The first-order chi connectivity index (χ1) is 9.54. The maximum absolute atomic E-state index is 4.06. The van der Waals surface area contributed by atoms with Crippen LogP contribution in [0.4, 0.5) is 5.69 Å². The van der Waals surface area contributed by atoms with E-state index in [1.54, 1.807) is 0 Å². The van der Waals surface area contributed by atoms with Gasteiger partial charge in [0, 0.05) is 30.7 Å². The fourth-order valence-corrected chi connectivity index (χ4v) is 2.39. The lowest BCUT2D eigenvalue weighted by molar-refractivity contribution is 0.402. The third kappa shape index (κ3) is 4.07. The Kier molecular flexibility index (Phi) is 4.74. The van der Waals surface area contributed by atoms with E-state index in [0.717, 1.165) is 6.54 Å². The van der Waals surface area contributed by atoms with E-state index in [4.69, 9.17) is 0 Å². The minimum absolute atomic E-state index is 0.270. The molecule has 3 heteroatoms. The van der Waals surface area contributed by atoms with Gasteiger partial charge in [-0.05, 0) is 68.9 Å². The van der Waals surface area contributed by atoms with Gasteiger partial charge in [0.2, 0.25) is 0 Å². The molecule has 0 amide bonds. The summed E-state index contributed by atoms with van der Waals surface area (Å²) in [7, 11) is 4.18. The predicted octanol–water partition coefficient (Wildman–Crippen LogP) is 3.62. The fraction of sp³-hybridized carbons (Fsp3) is 0.353. The number of nitrogens with zero attached hydrogens (tertiary/aromatic N) is 2. The number of rotatable bonds is 5. The highest BCUT2D eigenvalue weighted by Gasteiger charge is 2.06. The standard InChI is InChI=1S/C17H23N3/c1-13-9-15(12-20(3)4)11-17(10-13)19-14(2)16-5-7-18-8-6-16/h5-11,14,19H,12H2,1-4H3/t14-/m1/s1. The number of pyridine rings is 1. The van der Waals surface area contributed by atoms with Crippen LogP contribution in [0.25, 0.3) is 0 Å². The Balaban J connectivity index is 2.14. The lowest BCUT2D eigenvalue weighted by atomic mass is 10.1. The van der Waals surface area contributed by atoms with E-state index < -0.39 is 0 Å². The quantitative estimate of drug-likeness (QED) is 0.898. The molecule has 0 radical (unpaired) electrons. The molecule has 0 aliphatic heterocycles. The molecule has 0 saturated heterocycles. The predicted molar refractivity (Wildman–Crippen MR) is 84.8 cm³/mol. The summed E-state index contributed by atoms with van der Waals surface area (Å²) in [5, 5.41) is 3.57. The van der Waals surface area contributed by atoms with E-state index in [1.165, 1.54) is 22.4 Å². The molecule has 0 unspecified atom stereocenters. The molecular formula is C17H23N3. The van der Waals surface area contributed by atoms with Gasteiger partial charge in [-0.3, -0.25) is 4.98 Å². The number of anilines is 1. The fourth-order valence-electron chi connectivity index (χ4n) is 2.39. The van der Waals surface area contributed by atoms with Crippen molar-refractivity contribution in [1.82, 2.24) is 9.88 Å². The van der Waals surface area contributed by atoms with Crippen molar-refractivity contribution in [2.45, 2.75) is 26.4 Å². The van der Waals surface area contributed by atoms with Gasteiger partial charge in [0.15, 0.2) is 0 Å². The molecule has 0 fully saturated rings. The summed E-state index contributed by atoms with van der Waals surface area (Å²) in [5.74, 6) is 0. The maximum atomic E-state index is 4.06. The zero-order chi connectivity index (χ0) is 14.5. The van der Waals surface area contributed by atoms with Crippen LogP contribution in [0.5, 0.6) is 0 Å². The van der Waals surface area contributed by atoms with E-state index in [9.17, 15) is 0 Å².